The molecule has 1 aliphatic heterocycles. The first kappa shape index (κ1) is 24.6. The molecule has 188 valence electrons. The highest BCUT2D eigenvalue weighted by molar-refractivity contribution is 7.21. The number of nitrogens with one attached hydrogen (secondary N) is 3. The summed E-state index contributed by atoms with van der Waals surface area (Å²) in [7, 11) is 0. The minimum absolute atomic E-state index is 0.793. The van der Waals surface area contributed by atoms with Gasteiger partial charge in [0.15, 0.2) is 5.13 Å². The van der Waals surface area contributed by atoms with Crippen LogP contribution in [0.1, 0.15) is 16.7 Å². The van der Waals surface area contributed by atoms with E-state index < -0.39 is 0 Å². The molecule has 0 radical (unpaired) electrons. The molecule has 0 spiro atoms. The summed E-state index contributed by atoms with van der Waals surface area (Å²) in [5.74, 6) is 1.62. The highest BCUT2D eigenvalue weighted by Gasteiger charge is 2.12. The Kier molecular flexibility index (Phi) is 8.02. The van der Waals surface area contributed by atoms with Crippen molar-refractivity contribution in [1.82, 2.24) is 25.2 Å². The van der Waals surface area contributed by atoms with Crippen LogP contribution in [-0.4, -0.2) is 65.8 Å². The Morgan fingerprint density at radius 3 is 2.61 bits per heavy atom. The van der Waals surface area contributed by atoms with Gasteiger partial charge in [-0.3, -0.25) is 4.90 Å². The van der Waals surface area contributed by atoms with E-state index in [4.69, 9.17) is 14.7 Å². The molecule has 1 saturated heterocycles. The topological polar surface area (TPSA) is 87.2 Å². The zero-order chi connectivity index (χ0) is 24.7. The lowest BCUT2D eigenvalue weighted by Gasteiger charge is -2.26. The molecule has 8 nitrogen and oxygen atoms in total. The Hall–Kier alpha value is -3.11. The number of aromatic nitrogens is 3. The van der Waals surface area contributed by atoms with E-state index in [0.29, 0.717) is 0 Å². The van der Waals surface area contributed by atoms with Crippen LogP contribution in [-0.2, 0) is 11.2 Å². The molecule has 1 aliphatic rings. The monoisotopic (exact) mass is 503 g/mol. The van der Waals surface area contributed by atoms with E-state index in [0.717, 1.165) is 90.7 Å². The summed E-state index contributed by atoms with van der Waals surface area (Å²) in [6.07, 6.45) is 2.81. The Morgan fingerprint density at radius 1 is 0.944 bits per heavy atom. The van der Waals surface area contributed by atoms with E-state index in [9.17, 15) is 0 Å². The molecule has 0 amide bonds. The number of nitrogens with zero attached hydrogens (tertiary/aromatic N) is 4. The predicted molar refractivity (Wildman–Crippen MR) is 148 cm³/mol. The molecule has 3 N–H and O–H groups in total. The van der Waals surface area contributed by atoms with E-state index in [-0.39, 0.29) is 0 Å². The van der Waals surface area contributed by atoms with Crippen LogP contribution in [0.15, 0.2) is 48.7 Å². The SMILES string of the molecule is Cc1ccc(Nc2cc(C)c3nc(Nc4cc(CCNCCN5CCOCC5)ccn4)sc3n2)cc1. The van der Waals surface area contributed by atoms with E-state index in [1.807, 2.05) is 12.3 Å². The fourth-order valence-electron chi connectivity index (χ4n) is 4.19. The van der Waals surface area contributed by atoms with Crippen molar-refractivity contribution in [3.63, 3.8) is 0 Å². The summed E-state index contributed by atoms with van der Waals surface area (Å²) in [5.41, 5.74) is 5.50. The Labute approximate surface area is 216 Å². The van der Waals surface area contributed by atoms with Crippen molar-refractivity contribution in [2.75, 3.05) is 56.6 Å². The Balaban J connectivity index is 1.17. The van der Waals surface area contributed by atoms with Crippen molar-refractivity contribution in [2.45, 2.75) is 20.3 Å². The van der Waals surface area contributed by atoms with Crippen molar-refractivity contribution >= 4 is 44.1 Å². The number of ether oxygens (including phenoxy) is 1. The van der Waals surface area contributed by atoms with E-state index >= 15 is 0 Å². The second-order valence-corrected chi connectivity index (χ2v) is 10.1. The maximum Gasteiger partial charge on any atom is 0.190 e. The quantitative estimate of drug-likeness (QED) is 0.270. The van der Waals surface area contributed by atoms with Gasteiger partial charge < -0.3 is 20.7 Å². The number of hydrogen-bond acceptors (Lipinski definition) is 9. The largest absolute Gasteiger partial charge is 0.379 e. The smallest absolute Gasteiger partial charge is 0.190 e. The highest BCUT2D eigenvalue weighted by Crippen LogP contribution is 2.31. The van der Waals surface area contributed by atoms with Crippen LogP contribution < -0.4 is 16.0 Å². The van der Waals surface area contributed by atoms with Gasteiger partial charge in [0.1, 0.15) is 22.0 Å². The third-order valence-corrected chi connectivity index (χ3v) is 7.10. The number of fused-ring (bicyclic) bond motifs is 1. The maximum atomic E-state index is 5.41. The first-order chi connectivity index (χ1) is 17.6. The van der Waals surface area contributed by atoms with E-state index in [1.165, 1.54) is 22.5 Å². The molecular formula is C27H33N7OS. The molecule has 0 unspecified atom stereocenters. The van der Waals surface area contributed by atoms with Crippen molar-refractivity contribution in [2.24, 2.45) is 0 Å². The third kappa shape index (κ3) is 6.55. The lowest BCUT2D eigenvalue weighted by molar-refractivity contribution is 0.0385. The second-order valence-electron chi connectivity index (χ2n) is 9.12. The minimum Gasteiger partial charge on any atom is -0.379 e. The van der Waals surface area contributed by atoms with Gasteiger partial charge in [0.05, 0.1) is 13.2 Å². The van der Waals surface area contributed by atoms with Crippen LogP contribution in [0.2, 0.25) is 0 Å². The van der Waals surface area contributed by atoms with Crippen molar-refractivity contribution < 1.29 is 4.74 Å². The number of rotatable bonds is 10. The fraction of sp³-hybridized carbons (Fsp3) is 0.370. The molecule has 4 aromatic rings. The van der Waals surface area contributed by atoms with Gasteiger partial charge in [-0.25, -0.2) is 15.0 Å². The van der Waals surface area contributed by atoms with E-state index in [2.05, 4.69) is 76.1 Å². The van der Waals surface area contributed by atoms with Crippen molar-refractivity contribution in [3.05, 3.63) is 65.4 Å². The van der Waals surface area contributed by atoms with Crippen LogP contribution >= 0.6 is 11.3 Å². The van der Waals surface area contributed by atoms with Gasteiger partial charge in [-0.2, -0.15) is 0 Å². The summed E-state index contributed by atoms with van der Waals surface area (Å²) in [4.78, 5) is 17.4. The van der Waals surface area contributed by atoms with Gasteiger partial charge in [-0.05, 0) is 68.3 Å². The van der Waals surface area contributed by atoms with Crippen LogP contribution in [0.3, 0.4) is 0 Å². The number of thiazole rings is 1. The molecule has 0 bridgehead atoms. The highest BCUT2D eigenvalue weighted by atomic mass is 32.1. The molecule has 4 heterocycles. The first-order valence-corrected chi connectivity index (χ1v) is 13.3. The summed E-state index contributed by atoms with van der Waals surface area (Å²) in [5, 5.41) is 11.1. The van der Waals surface area contributed by atoms with Crippen molar-refractivity contribution in [3.8, 4) is 0 Å². The average molecular weight is 504 g/mol. The molecule has 0 atom stereocenters. The van der Waals surface area contributed by atoms with Crippen LogP contribution in [0.5, 0.6) is 0 Å². The number of benzene rings is 1. The average Bonchev–Trinajstić information content (AvgIpc) is 3.29. The number of hydrogen-bond donors (Lipinski definition) is 3. The molecular weight excluding hydrogens is 470 g/mol. The predicted octanol–water partition coefficient (Wildman–Crippen LogP) is 4.65. The standard InChI is InChI=1S/C27H33N7OS/c1-19-3-5-22(6-4-19)30-24-17-20(2)25-26(31-24)36-27(33-25)32-23-18-21(8-10-29-23)7-9-28-11-12-34-13-15-35-16-14-34/h3-6,8,10,17-18,28H,7,9,11-16H2,1-2H3,(H,30,31)(H,29,32,33). The zero-order valence-electron chi connectivity index (χ0n) is 20.9. The molecule has 5 rings (SSSR count). The lowest BCUT2D eigenvalue weighted by atomic mass is 10.2. The Morgan fingerprint density at radius 2 is 1.78 bits per heavy atom. The third-order valence-electron chi connectivity index (χ3n) is 6.24. The molecule has 9 heteroatoms. The molecule has 1 fully saturated rings. The number of pyridine rings is 2. The molecule has 0 aliphatic carbocycles. The van der Waals surface area contributed by atoms with Crippen molar-refractivity contribution in [1.29, 1.82) is 0 Å². The molecule has 1 aromatic carbocycles. The van der Waals surface area contributed by atoms with Gasteiger partial charge in [0.25, 0.3) is 0 Å². The number of anilines is 4. The minimum atomic E-state index is 0.793. The zero-order valence-corrected chi connectivity index (χ0v) is 21.7. The van der Waals surface area contributed by atoms with Gasteiger partial charge in [0, 0.05) is 38.1 Å². The lowest BCUT2D eigenvalue weighted by Crippen LogP contribution is -2.40. The van der Waals surface area contributed by atoms with Gasteiger partial charge in [0.2, 0.25) is 0 Å². The Bertz CT molecular complexity index is 1290. The number of aryl methyl sites for hydroxylation is 2. The fourth-order valence-corrected chi connectivity index (χ4v) is 5.11. The van der Waals surface area contributed by atoms with Crippen LogP contribution in [0.4, 0.5) is 22.5 Å². The molecule has 0 saturated carbocycles. The molecule has 36 heavy (non-hydrogen) atoms. The first-order valence-electron chi connectivity index (χ1n) is 12.5. The summed E-state index contributed by atoms with van der Waals surface area (Å²) in [6.45, 7) is 10.9. The second kappa shape index (κ2) is 11.7. The van der Waals surface area contributed by atoms with E-state index in [1.54, 1.807) is 0 Å². The normalized spacial score (nSPS) is 14.3. The van der Waals surface area contributed by atoms with Gasteiger partial charge in [-0.1, -0.05) is 29.0 Å². The summed E-state index contributed by atoms with van der Waals surface area (Å²) in [6, 6.07) is 14.5. The van der Waals surface area contributed by atoms with Gasteiger partial charge in [-0.15, -0.1) is 0 Å². The number of morpholine rings is 1. The maximum absolute atomic E-state index is 5.41. The summed E-state index contributed by atoms with van der Waals surface area (Å²) >= 11 is 1.54. The summed E-state index contributed by atoms with van der Waals surface area (Å²) < 4.78 is 5.41. The van der Waals surface area contributed by atoms with Crippen LogP contribution in [0, 0.1) is 13.8 Å². The van der Waals surface area contributed by atoms with Crippen LogP contribution in [0.25, 0.3) is 10.3 Å². The van der Waals surface area contributed by atoms with Gasteiger partial charge >= 0.3 is 0 Å². The molecule has 3 aromatic heterocycles.